The number of nitrogens with zero attached hydrogens (tertiary/aromatic N) is 1. The van der Waals surface area contributed by atoms with Gasteiger partial charge in [0.25, 0.3) is 0 Å². The Bertz CT molecular complexity index is 468. The van der Waals surface area contributed by atoms with Crippen LogP contribution >= 0.6 is 11.6 Å². The molecule has 2 unspecified atom stereocenters. The number of aromatic nitrogens is 1. The molecule has 1 N–H and O–H groups in total. The minimum atomic E-state index is 0.588. The van der Waals surface area contributed by atoms with E-state index in [-0.39, 0.29) is 0 Å². The van der Waals surface area contributed by atoms with Gasteiger partial charge in [-0.25, -0.2) is 4.98 Å². The first-order chi connectivity index (χ1) is 10.2. The van der Waals surface area contributed by atoms with Crippen LogP contribution in [-0.2, 0) is 0 Å². The molecule has 2 fully saturated rings. The Morgan fingerprint density at radius 3 is 2.48 bits per heavy atom. The van der Waals surface area contributed by atoms with Crippen LogP contribution in [0.3, 0.4) is 0 Å². The predicted molar refractivity (Wildman–Crippen MR) is 89.9 cm³/mol. The van der Waals surface area contributed by atoms with E-state index in [9.17, 15) is 0 Å². The van der Waals surface area contributed by atoms with Gasteiger partial charge in [-0.1, -0.05) is 56.5 Å². The average Bonchev–Trinajstić information content (AvgIpc) is 2.51. The Kier molecular flexibility index (Phi) is 5.05. The van der Waals surface area contributed by atoms with E-state index in [1.165, 1.54) is 63.5 Å². The molecule has 1 heterocycles. The molecule has 116 valence electrons. The smallest absolute Gasteiger partial charge is 0.129 e. The van der Waals surface area contributed by atoms with Crippen LogP contribution < -0.4 is 5.32 Å². The zero-order valence-electron chi connectivity index (χ0n) is 13.1. The molecule has 0 spiro atoms. The summed E-state index contributed by atoms with van der Waals surface area (Å²) in [5, 5.41) is 4.39. The molecule has 0 saturated heterocycles. The van der Waals surface area contributed by atoms with E-state index in [1.807, 2.05) is 13.0 Å². The fraction of sp³-hybridized carbons (Fsp3) is 0.722. The van der Waals surface area contributed by atoms with Gasteiger partial charge in [-0.05, 0) is 43.7 Å². The van der Waals surface area contributed by atoms with Gasteiger partial charge in [0.05, 0.1) is 11.4 Å². The van der Waals surface area contributed by atoms with E-state index in [0.29, 0.717) is 11.2 Å². The molecular weight excluding hydrogens is 280 g/mol. The third kappa shape index (κ3) is 3.71. The van der Waals surface area contributed by atoms with Crippen LogP contribution in [0.25, 0.3) is 0 Å². The molecule has 2 aliphatic carbocycles. The minimum absolute atomic E-state index is 0.588. The summed E-state index contributed by atoms with van der Waals surface area (Å²) in [4.78, 5) is 4.38. The topological polar surface area (TPSA) is 24.9 Å². The maximum atomic E-state index is 5.97. The maximum absolute atomic E-state index is 5.97. The van der Waals surface area contributed by atoms with Gasteiger partial charge in [0, 0.05) is 6.04 Å². The molecule has 2 atom stereocenters. The number of hydrogen-bond donors (Lipinski definition) is 1. The van der Waals surface area contributed by atoms with Crippen molar-refractivity contribution in [3.8, 4) is 0 Å². The highest BCUT2D eigenvalue weighted by atomic mass is 35.5. The second-order valence-corrected chi connectivity index (χ2v) is 7.25. The molecule has 0 radical (unpaired) electrons. The van der Waals surface area contributed by atoms with Crippen LogP contribution in [0.2, 0.25) is 5.15 Å². The first-order valence-electron chi connectivity index (χ1n) is 8.64. The van der Waals surface area contributed by atoms with Crippen LogP contribution in [-0.4, -0.2) is 11.0 Å². The Hall–Kier alpha value is -0.760. The van der Waals surface area contributed by atoms with Crippen molar-refractivity contribution in [3.05, 3.63) is 23.0 Å². The van der Waals surface area contributed by atoms with Crippen molar-refractivity contribution in [3.63, 3.8) is 0 Å². The van der Waals surface area contributed by atoms with Crippen molar-refractivity contribution in [1.82, 2.24) is 4.98 Å². The molecule has 3 heteroatoms. The van der Waals surface area contributed by atoms with Crippen LogP contribution in [0.4, 0.5) is 5.69 Å². The Morgan fingerprint density at radius 1 is 1.00 bits per heavy atom. The number of pyridine rings is 1. The summed E-state index contributed by atoms with van der Waals surface area (Å²) in [6.07, 6.45) is 12.7. The first-order valence-corrected chi connectivity index (χ1v) is 9.01. The van der Waals surface area contributed by atoms with Crippen LogP contribution in [0.15, 0.2) is 12.1 Å². The van der Waals surface area contributed by atoms with Crippen molar-refractivity contribution in [2.75, 3.05) is 5.32 Å². The van der Waals surface area contributed by atoms with Gasteiger partial charge in [0.15, 0.2) is 0 Å². The molecular formula is C18H27ClN2. The summed E-state index contributed by atoms with van der Waals surface area (Å²) < 4.78 is 0. The number of rotatable bonds is 3. The molecule has 0 aliphatic heterocycles. The number of nitrogens with one attached hydrogen (secondary N) is 1. The minimum Gasteiger partial charge on any atom is -0.381 e. The predicted octanol–water partition coefficient (Wildman–Crippen LogP) is 5.59. The van der Waals surface area contributed by atoms with Gasteiger partial charge in [-0.3, -0.25) is 0 Å². The van der Waals surface area contributed by atoms with Crippen LogP contribution in [0.5, 0.6) is 0 Å². The summed E-state index contributed by atoms with van der Waals surface area (Å²) in [5.74, 6) is 1.80. The molecule has 1 aromatic rings. The molecule has 1 aromatic heterocycles. The molecule has 2 saturated carbocycles. The fourth-order valence-electron chi connectivity index (χ4n) is 4.35. The summed E-state index contributed by atoms with van der Waals surface area (Å²) in [6, 6.07) is 4.62. The van der Waals surface area contributed by atoms with Gasteiger partial charge in [-0.15, -0.1) is 0 Å². The molecule has 0 amide bonds. The van der Waals surface area contributed by atoms with Crippen molar-refractivity contribution < 1.29 is 0 Å². The monoisotopic (exact) mass is 306 g/mol. The average molecular weight is 307 g/mol. The Balaban J connectivity index is 1.71. The van der Waals surface area contributed by atoms with E-state index in [1.54, 1.807) is 0 Å². The highest BCUT2D eigenvalue weighted by Gasteiger charge is 2.32. The van der Waals surface area contributed by atoms with Crippen molar-refractivity contribution in [1.29, 1.82) is 0 Å². The molecule has 2 nitrogen and oxygen atoms in total. The summed E-state index contributed by atoms with van der Waals surface area (Å²) in [7, 11) is 0. The van der Waals surface area contributed by atoms with E-state index in [4.69, 9.17) is 11.6 Å². The van der Waals surface area contributed by atoms with Crippen molar-refractivity contribution in [2.24, 2.45) is 11.8 Å². The first kappa shape index (κ1) is 15.1. The molecule has 0 aromatic carbocycles. The number of halogens is 1. The van der Waals surface area contributed by atoms with Crippen LogP contribution in [0, 0.1) is 18.8 Å². The highest BCUT2D eigenvalue weighted by Crippen LogP contribution is 2.39. The second kappa shape index (κ2) is 7.00. The third-order valence-corrected chi connectivity index (χ3v) is 5.68. The van der Waals surface area contributed by atoms with E-state index < -0.39 is 0 Å². The van der Waals surface area contributed by atoms with Gasteiger partial charge in [-0.2, -0.15) is 0 Å². The highest BCUT2D eigenvalue weighted by molar-refractivity contribution is 6.29. The lowest BCUT2D eigenvalue weighted by Gasteiger charge is -2.40. The number of aryl methyl sites for hydroxylation is 1. The van der Waals surface area contributed by atoms with E-state index in [2.05, 4.69) is 16.4 Å². The Labute approximate surface area is 133 Å². The number of anilines is 1. The SMILES string of the molecule is Cc1nc(Cl)ccc1NC1CCCCC1C1CCCCC1. The number of hydrogen-bond acceptors (Lipinski definition) is 2. The standard InChI is InChI=1S/C18H27ClN2/c1-13-16(11-12-18(19)20-13)21-17-10-6-5-9-15(17)14-7-3-2-4-8-14/h11-12,14-15,17,21H,2-10H2,1H3. The summed E-state index contributed by atoms with van der Waals surface area (Å²) in [5.41, 5.74) is 2.20. The van der Waals surface area contributed by atoms with E-state index >= 15 is 0 Å². The van der Waals surface area contributed by atoms with Crippen LogP contribution in [0.1, 0.15) is 63.5 Å². The summed E-state index contributed by atoms with van der Waals surface area (Å²) in [6.45, 7) is 2.05. The normalized spacial score (nSPS) is 27.5. The molecule has 2 aliphatic rings. The van der Waals surface area contributed by atoms with Gasteiger partial charge in [0.1, 0.15) is 5.15 Å². The molecule has 0 bridgehead atoms. The zero-order valence-corrected chi connectivity index (χ0v) is 13.8. The molecule has 3 rings (SSSR count). The maximum Gasteiger partial charge on any atom is 0.129 e. The second-order valence-electron chi connectivity index (χ2n) is 6.86. The Morgan fingerprint density at radius 2 is 1.71 bits per heavy atom. The van der Waals surface area contributed by atoms with Gasteiger partial charge >= 0.3 is 0 Å². The van der Waals surface area contributed by atoms with Crippen molar-refractivity contribution in [2.45, 2.75) is 70.8 Å². The lowest BCUT2D eigenvalue weighted by atomic mass is 9.71. The zero-order chi connectivity index (χ0) is 14.7. The fourth-order valence-corrected chi connectivity index (χ4v) is 4.54. The summed E-state index contributed by atoms with van der Waals surface area (Å²) >= 11 is 5.97. The lowest BCUT2D eigenvalue weighted by Crippen LogP contribution is -2.37. The van der Waals surface area contributed by atoms with Crippen molar-refractivity contribution >= 4 is 17.3 Å². The quantitative estimate of drug-likeness (QED) is 0.736. The lowest BCUT2D eigenvalue weighted by molar-refractivity contribution is 0.180. The largest absolute Gasteiger partial charge is 0.381 e. The van der Waals surface area contributed by atoms with E-state index in [0.717, 1.165) is 17.5 Å². The molecule has 21 heavy (non-hydrogen) atoms. The third-order valence-electron chi connectivity index (χ3n) is 5.47. The van der Waals surface area contributed by atoms with Gasteiger partial charge < -0.3 is 5.32 Å². The van der Waals surface area contributed by atoms with Gasteiger partial charge in [0.2, 0.25) is 0 Å².